The first-order valence-corrected chi connectivity index (χ1v) is 7.92. The van der Waals surface area contributed by atoms with Crippen molar-refractivity contribution in [2.24, 2.45) is 5.92 Å². The minimum atomic E-state index is -0.950. The van der Waals surface area contributed by atoms with Crippen molar-refractivity contribution >= 4 is 17.4 Å². The van der Waals surface area contributed by atoms with Crippen LogP contribution in [-0.2, 0) is 4.79 Å². The predicted molar refractivity (Wildman–Crippen MR) is 90.7 cm³/mol. The molecular weight excluding hydrogens is 325 g/mol. The van der Waals surface area contributed by atoms with Gasteiger partial charge in [-0.15, -0.1) is 15.3 Å². The van der Waals surface area contributed by atoms with Crippen LogP contribution in [0.3, 0.4) is 0 Å². The molecule has 8 heteroatoms. The van der Waals surface area contributed by atoms with Gasteiger partial charge < -0.3 is 10.4 Å². The molecule has 1 atom stereocenters. The molecule has 1 aromatic carbocycles. The molecule has 0 spiro atoms. The molecule has 2 heterocycles. The van der Waals surface area contributed by atoms with Gasteiger partial charge in [-0.05, 0) is 36.6 Å². The minimum absolute atomic E-state index is 0.209. The summed E-state index contributed by atoms with van der Waals surface area (Å²) in [7, 11) is 0. The number of benzene rings is 1. The van der Waals surface area contributed by atoms with Crippen LogP contribution in [-0.4, -0.2) is 36.9 Å². The lowest BCUT2D eigenvalue weighted by molar-refractivity contribution is -0.138. The van der Waals surface area contributed by atoms with Crippen molar-refractivity contribution in [2.75, 3.05) is 5.32 Å². The van der Waals surface area contributed by atoms with Gasteiger partial charge >= 0.3 is 5.97 Å². The van der Waals surface area contributed by atoms with Gasteiger partial charge in [0.1, 0.15) is 17.7 Å². The maximum atomic E-state index is 14.0. The van der Waals surface area contributed by atoms with E-state index in [1.807, 2.05) is 13.8 Å². The van der Waals surface area contributed by atoms with Crippen LogP contribution in [0.5, 0.6) is 0 Å². The summed E-state index contributed by atoms with van der Waals surface area (Å²) in [5.74, 6) is -0.555. The van der Waals surface area contributed by atoms with Crippen molar-refractivity contribution in [3.8, 4) is 11.4 Å². The first-order valence-electron chi connectivity index (χ1n) is 7.92. The van der Waals surface area contributed by atoms with E-state index in [0.717, 1.165) is 0 Å². The van der Waals surface area contributed by atoms with Crippen LogP contribution in [0.1, 0.15) is 20.3 Å². The third-order valence-corrected chi connectivity index (χ3v) is 3.70. The number of carbonyl (C=O) groups is 1. The highest BCUT2D eigenvalue weighted by Gasteiger charge is 2.20. The zero-order chi connectivity index (χ0) is 18.0. The van der Waals surface area contributed by atoms with Crippen molar-refractivity contribution in [2.45, 2.75) is 26.3 Å². The molecule has 0 unspecified atom stereocenters. The summed E-state index contributed by atoms with van der Waals surface area (Å²) in [6.45, 7) is 3.90. The van der Waals surface area contributed by atoms with Crippen molar-refractivity contribution < 1.29 is 14.3 Å². The number of hydrogen-bond acceptors (Lipinski definition) is 5. The molecular formula is C17H18FN5O2. The van der Waals surface area contributed by atoms with Crippen LogP contribution in [0, 0.1) is 11.7 Å². The summed E-state index contributed by atoms with van der Waals surface area (Å²) in [5, 5.41) is 24.6. The Hall–Kier alpha value is -3.03. The molecule has 3 rings (SSSR count). The van der Waals surface area contributed by atoms with Gasteiger partial charge in [0, 0.05) is 0 Å². The average Bonchev–Trinajstić information content (AvgIpc) is 2.97. The number of anilines is 1. The van der Waals surface area contributed by atoms with E-state index < -0.39 is 17.8 Å². The third-order valence-electron chi connectivity index (χ3n) is 3.70. The third kappa shape index (κ3) is 3.57. The lowest BCUT2D eigenvalue weighted by atomic mass is 10.0. The summed E-state index contributed by atoms with van der Waals surface area (Å²) >= 11 is 0. The Bertz CT molecular complexity index is 909. The molecule has 2 N–H and O–H groups in total. The molecule has 0 aliphatic rings. The van der Waals surface area contributed by atoms with E-state index in [-0.39, 0.29) is 17.3 Å². The van der Waals surface area contributed by atoms with E-state index >= 15 is 0 Å². The number of halogens is 1. The van der Waals surface area contributed by atoms with Crippen LogP contribution in [0.4, 0.5) is 10.2 Å². The highest BCUT2D eigenvalue weighted by Crippen LogP contribution is 2.21. The number of carboxylic acid groups (broad SMARTS) is 1. The van der Waals surface area contributed by atoms with E-state index in [0.29, 0.717) is 17.9 Å². The SMILES string of the molecule is CC(C)C[C@H](Nc1ccc2nnc(-c3ccccc3F)n2n1)C(=O)O. The number of rotatable bonds is 6. The number of nitrogens with one attached hydrogen (secondary N) is 1. The number of aliphatic carboxylic acids is 1. The van der Waals surface area contributed by atoms with Gasteiger partial charge in [0.15, 0.2) is 11.5 Å². The van der Waals surface area contributed by atoms with Gasteiger partial charge in [0.25, 0.3) is 0 Å². The zero-order valence-corrected chi connectivity index (χ0v) is 13.8. The van der Waals surface area contributed by atoms with Gasteiger partial charge in [0.05, 0.1) is 5.56 Å². The van der Waals surface area contributed by atoms with E-state index in [1.165, 1.54) is 10.6 Å². The average molecular weight is 343 g/mol. The lowest BCUT2D eigenvalue weighted by Crippen LogP contribution is -2.31. The maximum Gasteiger partial charge on any atom is 0.326 e. The van der Waals surface area contributed by atoms with Gasteiger partial charge in [-0.1, -0.05) is 26.0 Å². The quantitative estimate of drug-likeness (QED) is 0.715. The van der Waals surface area contributed by atoms with Crippen LogP contribution in [0.15, 0.2) is 36.4 Å². The number of nitrogens with zero attached hydrogens (tertiary/aromatic N) is 4. The van der Waals surface area contributed by atoms with Crippen molar-refractivity contribution in [1.29, 1.82) is 0 Å². The standard InChI is InChI=1S/C17H18FN5O2/c1-10(2)9-13(17(24)25)19-14-7-8-15-20-21-16(23(15)22-14)11-5-3-4-6-12(11)18/h3-8,10,13H,9H2,1-2H3,(H,19,22)(H,24,25)/t13-/m0/s1. The molecule has 2 aromatic heterocycles. The van der Waals surface area contributed by atoms with Crippen molar-refractivity contribution in [3.63, 3.8) is 0 Å². The van der Waals surface area contributed by atoms with Gasteiger partial charge in [-0.2, -0.15) is 4.52 Å². The number of carboxylic acids is 1. The summed E-state index contributed by atoms with van der Waals surface area (Å²) in [6.07, 6.45) is 0.456. The molecule has 0 aliphatic heterocycles. The monoisotopic (exact) mass is 343 g/mol. The van der Waals surface area contributed by atoms with Crippen molar-refractivity contribution in [3.05, 3.63) is 42.2 Å². The Morgan fingerprint density at radius 3 is 2.68 bits per heavy atom. The molecule has 7 nitrogen and oxygen atoms in total. The van der Waals surface area contributed by atoms with Gasteiger partial charge in [-0.25, -0.2) is 9.18 Å². The summed E-state index contributed by atoms with van der Waals surface area (Å²) in [4.78, 5) is 11.4. The fourth-order valence-corrected chi connectivity index (χ4v) is 2.55. The molecule has 0 amide bonds. The lowest BCUT2D eigenvalue weighted by Gasteiger charge is -2.16. The van der Waals surface area contributed by atoms with Crippen molar-refractivity contribution in [1.82, 2.24) is 19.8 Å². The Kier molecular flexibility index (Phi) is 4.60. The molecule has 0 bridgehead atoms. The van der Waals surface area contributed by atoms with Crippen LogP contribution in [0.2, 0.25) is 0 Å². The smallest absolute Gasteiger partial charge is 0.326 e. The highest BCUT2D eigenvalue weighted by molar-refractivity contribution is 5.76. The molecule has 25 heavy (non-hydrogen) atoms. The Morgan fingerprint density at radius 2 is 2.00 bits per heavy atom. The summed E-state index contributed by atoms with van der Waals surface area (Å²) in [5.41, 5.74) is 0.719. The van der Waals surface area contributed by atoms with Gasteiger partial charge in [0.2, 0.25) is 0 Å². The van der Waals surface area contributed by atoms with E-state index in [2.05, 4.69) is 20.6 Å². The number of aromatic nitrogens is 4. The molecule has 0 aliphatic carbocycles. The molecule has 0 saturated carbocycles. The Balaban J connectivity index is 1.98. The molecule has 0 radical (unpaired) electrons. The minimum Gasteiger partial charge on any atom is -0.480 e. The first kappa shape index (κ1) is 16.8. The first-order chi connectivity index (χ1) is 12.0. The second kappa shape index (κ2) is 6.84. The van der Waals surface area contributed by atoms with E-state index in [4.69, 9.17) is 0 Å². The summed E-state index contributed by atoms with van der Waals surface area (Å²) < 4.78 is 15.4. The number of hydrogen-bond donors (Lipinski definition) is 2. The van der Waals surface area contributed by atoms with E-state index in [9.17, 15) is 14.3 Å². The molecule has 0 saturated heterocycles. The zero-order valence-electron chi connectivity index (χ0n) is 13.8. The molecule has 3 aromatic rings. The fourth-order valence-electron chi connectivity index (χ4n) is 2.55. The normalized spacial score (nSPS) is 12.5. The van der Waals surface area contributed by atoms with Crippen LogP contribution >= 0.6 is 0 Å². The Labute approximate surface area is 143 Å². The second-order valence-corrected chi connectivity index (χ2v) is 6.16. The Morgan fingerprint density at radius 1 is 1.24 bits per heavy atom. The predicted octanol–water partition coefficient (Wildman–Crippen LogP) is 2.84. The molecule has 0 fully saturated rings. The second-order valence-electron chi connectivity index (χ2n) is 6.16. The van der Waals surface area contributed by atoms with Crippen LogP contribution < -0.4 is 5.32 Å². The number of fused-ring (bicyclic) bond motifs is 1. The van der Waals surface area contributed by atoms with E-state index in [1.54, 1.807) is 30.3 Å². The summed E-state index contributed by atoms with van der Waals surface area (Å²) in [6, 6.07) is 8.73. The van der Waals surface area contributed by atoms with Crippen LogP contribution in [0.25, 0.3) is 17.0 Å². The topological polar surface area (TPSA) is 92.4 Å². The highest BCUT2D eigenvalue weighted by atomic mass is 19.1. The fraction of sp³-hybridized carbons (Fsp3) is 0.294. The molecule has 130 valence electrons. The largest absolute Gasteiger partial charge is 0.480 e. The van der Waals surface area contributed by atoms with Gasteiger partial charge in [-0.3, -0.25) is 0 Å². The maximum absolute atomic E-state index is 14.0.